The van der Waals surface area contributed by atoms with E-state index < -0.39 is 31.8 Å². The van der Waals surface area contributed by atoms with Gasteiger partial charge in [-0.05, 0) is 50.8 Å². The second-order valence-corrected chi connectivity index (χ2v) is 12.1. The Morgan fingerprint density at radius 2 is 2.03 bits per heavy atom. The summed E-state index contributed by atoms with van der Waals surface area (Å²) in [5.41, 5.74) is 7.24. The summed E-state index contributed by atoms with van der Waals surface area (Å²) in [6.45, 7) is 4.00. The first kappa shape index (κ1) is 22.6. The molecule has 3 aliphatic rings. The van der Waals surface area contributed by atoms with Crippen LogP contribution in [0.3, 0.4) is 0 Å². The molecule has 2 unspecified atom stereocenters. The average Bonchev–Trinajstić information content (AvgIpc) is 3.64. The molecule has 1 saturated carbocycles. The van der Waals surface area contributed by atoms with Crippen LogP contribution in [-0.4, -0.2) is 53.3 Å². The summed E-state index contributed by atoms with van der Waals surface area (Å²) in [4.78, 5) is 25.6. The second kappa shape index (κ2) is 8.23. The van der Waals surface area contributed by atoms with Crippen LogP contribution in [0.25, 0.3) is 0 Å². The zero-order chi connectivity index (χ0) is 24.1. The van der Waals surface area contributed by atoms with Gasteiger partial charge in [0, 0.05) is 17.7 Å². The topological polar surface area (TPSA) is 146 Å². The van der Waals surface area contributed by atoms with Crippen molar-refractivity contribution in [2.75, 3.05) is 18.5 Å². The van der Waals surface area contributed by atoms with Crippen molar-refractivity contribution in [3.63, 3.8) is 0 Å². The molecule has 0 spiro atoms. The molecule has 2 aliphatic heterocycles. The standard InChI is InChI=1S/C23H27N5O5S/c1-23(2)22(24)28-20-15-9-14(5-6-17(15)32-8-7-18(20)34(23,30)31)27-21(29)16-10-26-19(11-25-16)33-12-13-3-4-13/h5-6,9-11,13,18,20H,3-4,7-8,12H2,1-2H3,(H2,24,28)(H,27,29). The number of hydrogen-bond acceptors (Lipinski definition) is 9. The van der Waals surface area contributed by atoms with E-state index >= 15 is 0 Å². The van der Waals surface area contributed by atoms with Gasteiger partial charge in [-0.25, -0.2) is 18.4 Å². The third-order valence-corrected chi connectivity index (χ3v) is 9.55. The van der Waals surface area contributed by atoms with E-state index in [1.165, 1.54) is 25.2 Å². The molecule has 180 valence electrons. The highest BCUT2D eigenvalue weighted by atomic mass is 32.2. The Morgan fingerprint density at radius 1 is 1.24 bits per heavy atom. The van der Waals surface area contributed by atoms with Crippen molar-refractivity contribution < 1.29 is 22.7 Å². The summed E-state index contributed by atoms with van der Waals surface area (Å²) < 4.78 is 36.7. The van der Waals surface area contributed by atoms with Crippen LogP contribution in [0.4, 0.5) is 5.69 Å². The molecule has 5 rings (SSSR count). The largest absolute Gasteiger partial charge is 0.493 e. The Kier molecular flexibility index (Phi) is 5.46. The summed E-state index contributed by atoms with van der Waals surface area (Å²) >= 11 is 0. The normalized spacial score (nSPS) is 24.5. The molecular formula is C23H27N5O5S. The average molecular weight is 486 g/mol. The molecule has 11 heteroatoms. The molecule has 2 aromatic rings. The molecule has 10 nitrogen and oxygen atoms in total. The molecule has 1 amide bonds. The predicted octanol–water partition coefficient (Wildman–Crippen LogP) is 2.27. The van der Waals surface area contributed by atoms with E-state index in [-0.39, 0.29) is 18.1 Å². The first-order chi connectivity index (χ1) is 16.2. The molecule has 3 N–H and O–H groups in total. The maximum atomic E-state index is 13.3. The summed E-state index contributed by atoms with van der Waals surface area (Å²) in [5.74, 6) is 1.11. The molecule has 3 heterocycles. The molecule has 1 aromatic heterocycles. The van der Waals surface area contributed by atoms with Crippen molar-refractivity contribution in [2.24, 2.45) is 16.6 Å². The van der Waals surface area contributed by atoms with Gasteiger partial charge < -0.3 is 20.5 Å². The quantitative estimate of drug-likeness (QED) is 0.656. The van der Waals surface area contributed by atoms with E-state index in [0.717, 1.165) is 0 Å². The Hall–Kier alpha value is -3.21. The Morgan fingerprint density at radius 3 is 2.74 bits per heavy atom. The summed E-state index contributed by atoms with van der Waals surface area (Å²) in [7, 11) is -3.62. The van der Waals surface area contributed by atoms with Crippen LogP contribution in [0, 0.1) is 5.92 Å². The number of fused-ring (bicyclic) bond motifs is 3. The van der Waals surface area contributed by atoms with Gasteiger partial charge in [0.15, 0.2) is 9.84 Å². The summed E-state index contributed by atoms with van der Waals surface area (Å²) in [5, 5.41) is 2.02. The van der Waals surface area contributed by atoms with Crippen LogP contribution in [0.15, 0.2) is 35.6 Å². The Balaban J connectivity index is 1.38. The zero-order valence-electron chi connectivity index (χ0n) is 19.0. The van der Waals surface area contributed by atoms with Crippen LogP contribution in [0.5, 0.6) is 11.6 Å². The van der Waals surface area contributed by atoms with Crippen molar-refractivity contribution >= 4 is 27.3 Å². The van der Waals surface area contributed by atoms with Crippen molar-refractivity contribution in [1.82, 2.24) is 9.97 Å². The Bertz CT molecular complexity index is 1260. The van der Waals surface area contributed by atoms with Gasteiger partial charge in [-0.1, -0.05) is 0 Å². The number of aliphatic imine (C=N–C) groups is 1. The lowest BCUT2D eigenvalue weighted by Crippen LogP contribution is -2.54. The summed E-state index contributed by atoms with van der Waals surface area (Å²) in [6.07, 6.45) is 5.43. The van der Waals surface area contributed by atoms with Crippen molar-refractivity contribution in [2.45, 2.75) is 49.1 Å². The lowest BCUT2D eigenvalue weighted by atomic mass is 10.00. The maximum absolute atomic E-state index is 13.3. The van der Waals surface area contributed by atoms with Gasteiger partial charge >= 0.3 is 0 Å². The number of carbonyl (C=O) groups is 1. The number of nitrogens with zero attached hydrogens (tertiary/aromatic N) is 3. The van der Waals surface area contributed by atoms with E-state index in [1.54, 1.807) is 32.0 Å². The number of amides is 1. The minimum atomic E-state index is -3.62. The summed E-state index contributed by atoms with van der Waals surface area (Å²) in [6, 6.07) is 4.36. The molecule has 1 fully saturated rings. The molecule has 1 aromatic carbocycles. The fraction of sp³-hybridized carbons (Fsp3) is 0.478. The highest BCUT2D eigenvalue weighted by molar-refractivity contribution is 7.94. The van der Waals surface area contributed by atoms with Gasteiger partial charge in [0.05, 0.1) is 36.9 Å². The van der Waals surface area contributed by atoms with E-state index in [2.05, 4.69) is 20.3 Å². The van der Waals surface area contributed by atoms with Gasteiger partial charge in [0.25, 0.3) is 5.91 Å². The Labute approximate surface area is 197 Å². The number of sulfone groups is 1. The SMILES string of the molecule is CC1(C)C(N)=NC2c3cc(NC(=O)c4cnc(OCC5CC5)cn4)ccc3OCCC2S1(=O)=O. The van der Waals surface area contributed by atoms with Crippen LogP contribution in [0.1, 0.15) is 55.2 Å². The zero-order valence-corrected chi connectivity index (χ0v) is 19.8. The predicted molar refractivity (Wildman–Crippen MR) is 126 cm³/mol. The van der Waals surface area contributed by atoms with Crippen LogP contribution in [-0.2, 0) is 9.84 Å². The molecule has 1 aliphatic carbocycles. The lowest BCUT2D eigenvalue weighted by Gasteiger charge is -2.37. The minimum absolute atomic E-state index is 0.0651. The number of amidine groups is 1. The van der Waals surface area contributed by atoms with Crippen LogP contribution in [0.2, 0.25) is 0 Å². The number of nitrogens with two attached hydrogens (primary N) is 1. The number of carbonyl (C=O) groups excluding carboxylic acids is 1. The molecule has 2 atom stereocenters. The number of nitrogens with one attached hydrogen (secondary N) is 1. The fourth-order valence-electron chi connectivity index (χ4n) is 4.13. The molecule has 0 radical (unpaired) electrons. The number of benzene rings is 1. The van der Waals surface area contributed by atoms with Crippen molar-refractivity contribution in [3.8, 4) is 11.6 Å². The maximum Gasteiger partial charge on any atom is 0.275 e. The smallest absolute Gasteiger partial charge is 0.275 e. The third-order valence-electron chi connectivity index (χ3n) is 6.63. The molecular weight excluding hydrogens is 458 g/mol. The van der Waals surface area contributed by atoms with Gasteiger partial charge in [-0.2, -0.15) is 0 Å². The first-order valence-corrected chi connectivity index (χ1v) is 12.8. The molecule has 34 heavy (non-hydrogen) atoms. The lowest BCUT2D eigenvalue weighted by molar-refractivity contribution is 0.102. The van der Waals surface area contributed by atoms with Crippen molar-refractivity contribution in [3.05, 3.63) is 41.9 Å². The van der Waals surface area contributed by atoms with Gasteiger partial charge in [-0.3, -0.25) is 9.79 Å². The number of rotatable bonds is 5. The van der Waals surface area contributed by atoms with E-state index in [1.807, 2.05) is 0 Å². The van der Waals surface area contributed by atoms with Gasteiger partial charge in [0.1, 0.15) is 22.0 Å². The highest BCUT2D eigenvalue weighted by Crippen LogP contribution is 2.44. The van der Waals surface area contributed by atoms with E-state index in [9.17, 15) is 13.2 Å². The fourth-order valence-corrected chi connectivity index (χ4v) is 6.18. The number of ether oxygens (including phenoxy) is 2. The van der Waals surface area contributed by atoms with Crippen LogP contribution >= 0.6 is 0 Å². The van der Waals surface area contributed by atoms with Crippen LogP contribution < -0.4 is 20.5 Å². The minimum Gasteiger partial charge on any atom is -0.493 e. The monoisotopic (exact) mass is 485 g/mol. The highest BCUT2D eigenvalue weighted by Gasteiger charge is 2.52. The van der Waals surface area contributed by atoms with Gasteiger partial charge in [0.2, 0.25) is 5.88 Å². The number of aromatic nitrogens is 2. The van der Waals surface area contributed by atoms with Crippen molar-refractivity contribution in [1.29, 1.82) is 0 Å². The second-order valence-electron chi connectivity index (χ2n) is 9.39. The molecule has 0 bridgehead atoms. The number of hydrogen-bond donors (Lipinski definition) is 2. The third kappa shape index (κ3) is 3.97. The number of anilines is 1. The molecule has 0 saturated heterocycles. The van der Waals surface area contributed by atoms with Gasteiger partial charge in [-0.15, -0.1) is 0 Å². The van der Waals surface area contributed by atoms with E-state index in [4.69, 9.17) is 15.2 Å². The van der Waals surface area contributed by atoms with E-state index in [0.29, 0.717) is 41.8 Å². The first-order valence-electron chi connectivity index (χ1n) is 11.3.